The van der Waals surface area contributed by atoms with Crippen LogP contribution in [0, 0.1) is 0 Å². The lowest BCUT2D eigenvalue weighted by atomic mass is 10.1. The predicted octanol–water partition coefficient (Wildman–Crippen LogP) is 3.79. The van der Waals surface area contributed by atoms with E-state index in [1.807, 2.05) is 6.26 Å². The summed E-state index contributed by atoms with van der Waals surface area (Å²) in [6, 6.07) is 2.97. The fraction of sp³-hybridized carbons (Fsp3) is 0.429. The van der Waals surface area contributed by atoms with Crippen LogP contribution in [-0.4, -0.2) is 40.7 Å². The zero-order valence-corrected chi connectivity index (χ0v) is 13.8. The molecule has 0 radical (unpaired) electrons. The molecule has 2 rings (SSSR count). The fourth-order valence-electron chi connectivity index (χ4n) is 2.52. The number of amides is 1. The summed E-state index contributed by atoms with van der Waals surface area (Å²) in [4.78, 5) is 25.9. The SMILES string of the molecule is CSc1cc(C(=O)N2CCCC2CC(=O)O)c(Cl)cc1Cl. The van der Waals surface area contributed by atoms with Gasteiger partial charge in [-0.3, -0.25) is 9.59 Å². The fourth-order valence-corrected chi connectivity index (χ4v) is 3.71. The van der Waals surface area contributed by atoms with E-state index in [0.717, 1.165) is 11.3 Å². The summed E-state index contributed by atoms with van der Waals surface area (Å²) in [6.07, 6.45) is 3.35. The first-order valence-electron chi connectivity index (χ1n) is 6.49. The van der Waals surface area contributed by atoms with Gasteiger partial charge in [-0.15, -0.1) is 11.8 Å². The van der Waals surface area contributed by atoms with Crippen LogP contribution in [0.3, 0.4) is 0 Å². The first-order chi connectivity index (χ1) is 9.93. The van der Waals surface area contributed by atoms with Crippen molar-refractivity contribution < 1.29 is 14.7 Å². The number of hydrogen-bond donors (Lipinski definition) is 1. The summed E-state index contributed by atoms with van der Waals surface area (Å²) >= 11 is 13.6. The van der Waals surface area contributed by atoms with Crippen LogP contribution >= 0.6 is 35.0 Å². The second kappa shape index (κ2) is 6.90. The molecule has 1 N–H and O–H groups in total. The number of hydrogen-bond acceptors (Lipinski definition) is 3. The molecule has 114 valence electrons. The Morgan fingerprint density at radius 3 is 2.71 bits per heavy atom. The molecule has 1 unspecified atom stereocenters. The second-order valence-corrected chi connectivity index (χ2v) is 6.52. The molecule has 21 heavy (non-hydrogen) atoms. The van der Waals surface area contributed by atoms with Crippen LogP contribution in [0.5, 0.6) is 0 Å². The maximum absolute atomic E-state index is 12.6. The number of aliphatic carboxylic acids is 1. The monoisotopic (exact) mass is 347 g/mol. The van der Waals surface area contributed by atoms with Crippen LogP contribution in [0.1, 0.15) is 29.6 Å². The summed E-state index contributed by atoms with van der Waals surface area (Å²) in [5.41, 5.74) is 0.378. The molecule has 1 fully saturated rings. The smallest absolute Gasteiger partial charge is 0.305 e. The normalized spacial score (nSPS) is 18.0. The van der Waals surface area contributed by atoms with Crippen LogP contribution in [-0.2, 0) is 4.79 Å². The van der Waals surface area contributed by atoms with Gasteiger partial charge in [0.2, 0.25) is 0 Å². The summed E-state index contributed by atoms with van der Waals surface area (Å²) < 4.78 is 0. The summed E-state index contributed by atoms with van der Waals surface area (Å²) in [5.74, 6) is -1.12. The maximum atomic E-state index is 12.6. The number of carbonyl (C=O) groups excluding carboxylic acids is 1. The first kappa shape index (κ1) is 16.5. The van der Waals surface area contributed by atoms with Gasteiger partial charge in [0.15, 0.2) is 0 Å². The maximum Gasteiger partial charge on any atom is 0.305 e. The average Bonchev–Trinajstić information content (AvgIpc) is 2.85. The van der Waals surface area contributed by atoms with Crippen LogP contribution < -0.4 is 0 Å². The van der Waals surface area contributed by atoms with E-state index in [-0.39, 0.29) is 18.4 Å². The van der Waals surface area contributed by atoms with E-state index in [4.69, 9.17) is 28.3 Å². The van der Waals surface area contributed by atoms with Gasteiger partial charge in [-0.2, -0.15) is 0 Å². The van der Waals surface area contributed by atoms with Crippen molar-refractivity contribution in [2.45, 2.75) is 30.2 Å². The highest BCUT2D eigenvalue weighted by atomic mass is 35.5. The van der Waals surface area contributed by atoms with Gasteiger partial charge >= 0.3 is 5.97 Å². The van der Waals surface area contributed by atoms with Gasteiger partial charge < -0.3 is 10.0 Å². The third kappa shape index (κ3) is 3.65. The van der Waals surface area contributed by atoms with Crippen LogP contribution in [0.15, 0.2) is 17.0 Å². The van der Waals surface area contributed by atoms with Crippen molar-refractivity contribution in [1.82, 2.24) is 4.90 Å². The number of carbonyl (C=O) groups is 2. The minimum absolute atomic E-state index is 0.0354. The molecular formula is C14H15Cl2NO3S. The highest BCUT2D eigenvalue weighted by molar-refractivity contribution is 7.98. The highest BCUT2D eigenvalue weighted by Crippen LogP contribution is 2.33. The van der Waals surface area contributed by atoms with E-state index < -0.39 is 5.97 Å². The van der Waals surface area contributed by atoms with Crippen LogP contribution in [0.25, 0.3) is 0 Å². The molecule has 1 amide bonds. The molecule has 0 bridgehead atoms. The van der Waals surface area contributed by atoms with Crippen molar-refractivity contribution >= 4 is 46.8 Å². The lowest BCUT2D eigenvalue weighted by Crippen LogP contribution is -2.37. The number of benzene rings is 1. The Hall–Kier alpha value is -0.910. The third-order valence-corrected chi connectivity index (χ3v) is 5.04. The van der Waals surface area contributed by atoms with Crippen molar-refractivity contribution in [1.29, 1.82) is 0 Å². The summed E-state index contributed by atoms with van der Waals surface area (Å²) in [6.45, 7) is 0.560. The molecule has 1 atom stereocenters. The van der Waals surface area contributed by atoms with Gasteiger partial charge in [-0.05, 0) is 31.2 Å². The number of likely N-dealkylation sites (tertiary alicyclic amines) is 1. The van der Waals surface area contributed by atoms with E-state index in [2.05, 4.69) is 0 Å². The minimum atomic E-state index is -0.897. The Morgan fingerprint density at radius 1 is 1.38 bits per heavy atom. The molecule has 1 aromatic carbocycles. The minimum Gasteiger partial charge on any atom is -0.481 e. The molecular weight excluding hydrogens is 333 g/mol. The topological polar surface area (TPSA) is 57.6 Å². The summed E-state index contributed by atoms with van der Waals surface area (Å²) in [5, 5.41) is 9.73. The molecule has 1 aliphatic rings. The Bertz CT molecular complexity index is 580. The van der Waals surface area contributed by atoms with Gasteiger partial charge in [-0.1, -0.05) is 23.2 Å². The molecule has 0 aliphatic carbocycles. The van der Waals surface area contributed by atoms with Crippen molar-refractivity contribution in [3.63, 3.8) is 0 Å². The lowest BCUT2D eigenvalue weighted by Gasteiger charge is -2.24. The number of nitrogens with zero attached hydrogens (tertiary/aromatic N) is 1. The van der Waals surface area contributed by atoms with E-state index in [9.17, 15) is 9.59 Å². The van der Waals surface area contributed by atoms with Gasteiger partial charge in [0, 0.05) is 17.5 Å². The predicted molar refractivity (Wildman–Crippen MR) is 84.6 cm³/mol. The third-order valence-electron chi connectivity index (χ3n) is 3.52. The number of carboxylic acid groups (broad SMARTS) is 1. The molecule has 0 spiro atoms. The molecule has 1 aliphatic heterocycles. The van der Waals surface area contributed by atoms with Crippen molar-refractivity contribution in [3.05, 3.63) is 27.7 Å². The van der Waals surface area contributed by atoms with E-state index in [1.54, 1.807) is 17.0 Å². The quantitative estimate of drug-likeness (QED) is 0.841. The Labute approximate surface area is 137 Å². The highest BCUT2D eigenvalue weighted by Gasteiger charge is 2.32. The van der Waals surface area contributed by atoms with Gasteiger partial charge in [0.1, 0.15) is 0 Å². The zero-order valence-electron chi connectivity index (χ0n) is 11.4. The molecule has 0 saturated carbocycles. The Morgan fingerprint density at radius 2 is 2.10 bits per heavy atom. The van der Waals surface area contributed by atoms with E-state index in [1.165, 1.54) is 11.8 Å². The Balaban J connectivity index is 2.29. The van der Waals surface area contributed by atoms with Crippen LogP contribution in [0.2, 0.25) is 10.0 Å². The first-order valence-corrected chi connectivity index (χ1v) is 8.48. The van der Waals surface area contributed by atoms with E-state index >= 15 is 0 Å². The number of carboxylic acids is 1. The molecule has 0 aromatic heterocycles. The lowest BCUT2D eigenvalue weighted by molar-refractivity contribution is -0.137. The van der Waals surface area contributed by atoms with Crippen LogP contribution in [0.4, 0.5) is 0 Å². The second-order valence-electron chi connectivity index (χ2n) is 4.86. The largest absolute Gasteiger partial charge is 0.481 e. The number of halogens is 2. The Kier molecular flexibility index (Phi) is 5.41. The van der Waals surface area contributed by atoms with Crippen molar-refractivity contribution in [2.24, 2.45) is 0 Å². The van der Waals surface area contributed by atoms with Crippen molar-refractivity contribution in [2.75, 3.05) is 12.8 Å². The number of rotatable bonds is 4. The molecule has 1 saturated heterocycles. The van der Waals surface area contributed by atoms with Gasteiger partial charge in [0.05, 0.1) is 22.0 Å². The van der Waals surface area contributed by atoms with E-state index in [0.29, 0.717) is 28.6 Å². The molecule has 4 nitrogen and oxygen atoms in total. The van der Waals surface area contributed by atoms with Gasteiger partial charge in [0.25, 0.3) is 5.91 Å². The zero-order chi connectivity index (χ0) is 15.6. The average molecular weight is 348 g/mol. The molecule has 1 heterocycles. The summed E-state index contributed by atoms with van der Waals surface area (Å²) in [7, 11) is 0. The molecule has 7 heteroatoms. The standard InChI is InChI=1S/C14H15Cl2NO3S/c1-21-12-6-9(10(15)7-11(12)16)14(20)17-4-2-3-8(17)5-13(18)19/h6-8H,2-5H2,1H3,(H,18,19). The van der Waals surface area contributed by atoms with Gasteiger partial charge in [-0.25, -0.2) is 0 Å². The van der Waals surface area contributed by atoms with Crippen molar-refractivity contribution in [3.8, 4) is 0 Å². The number of thioether (sulfide) groups is 1. The molecule has 1 aromatic rings.